The molecule has 1 aliphatic rings. The SMILES string of the molecule is Cc1ccc([C@H](C)NC(=O)c2ccc(N3CCOCC3)cc2)cc1C. The Labute approximate surface area is 149 Å². The summed E-state index contributed by atoms with van der Waals surface area (Å²) in [5.41, 5.74) is 5.46. The van der Waals surface area contributed by atoms with Gasteiger partial charge in [0.2, 0.25) is 0 Å². The van der Waals surface area contributed by atoms with Crippen molar-refractivity contribution in [1.29, 1.82) is 0 Å². The van der Waals surface area contributed by atoms with E-state index >= 15 is 0 Å². The predicted octanol–water partition coefficient (Wildman–Crippen LogP) is 3.63. The van der Waals surface area contributed by atoms with Crippen molar-refractivity contribution in [1.82, 2.24) is 5.32 Å². The first-order valence-corrected chi connectivity index (χ1v) is 8.85. The van der Waals surface area contributed by atoms with E-state index in [1.165, 1.54) is 11.1 Å². The van der Waals surface area contributed by atoms with Crippen LogP contribution in [0, 0.1) is 13.8 Å². The smallest absolute Gasteiger partial charge is 0.251 e. The number of carbonyl (C=O) groups is 1. The maximum absolute atomic E-state index is 12.5. The van der Waals surface area contributed by atoms with E-state index in [0.29, 0.717) is 5.56 Å². The fourth-order valence-corrected chi connectivity index (χ4v) is 3.04. The Morgan fingerprint density at radius 2 is 1.72 bits per heavy atom. The lowest BCUT2D eigenvalue weighted by Gasteiger charge is -2.28. The van der Waals surface area contributed by atoms with Gasteiger partial charge in [-0.25, -0.2) is 0 Å². The van der Waals surface area contributed by atoms with E-state index in [9.17, 15) is 4.79 Å². The minimum atomic E-state index is -0.0424. The molecule has 0 saturated carbocycles. The number of rotatable bonds is 4. The van der Waals surface area contributed by atoms with Crippen molar-refractivity contribution in [3.8, 4) is 0 Å². The van der Waals surface area contributed by atoms with Crippen LogP contribution in [0.3, 0.4) is 0 Å². The molecule has 0 aromatic heterocycles. The molecule has 1 heterocycles. The van der Waals surface area contributed by atoms with Gasteiger partial charge in [0.25, 0.3) is 5.91 Å². The third-order valence-electron chi connectivity index (χ3n) is 4.88. The van der Waals surface area contributed by atoms with Crippen molar-refractivity contribution < 1.29 is 9.53 Å². The second-order valence-electron chi connectivity index (χ2n) is 6.69. The average Bonchev–Trinajstić information content (AvgIpc) is 2.64. The van der Waals surface area contributed by atoms with Gasteiger partial charge in [-0.05, 0) is 61.7 Å². The maximum atomic E-state index is 12.5. The van der Waals surface area contributed by atoms with Gasteiger partial charge in [0, 0.05) is 24.3 Å². The monoisotopic (exact) mass is 338 g/mol. The lowest BCUT2D eigenvalue weighted by atomic mass is 10.0. The highest BCUT2D eigenvalue weighted by Gasteiger charge is 2.14. The molecule has 1 aliphatic heterocycles. The summed E-state index contributed by atoms with van der Waals surface area (Å²) < 4.78 is 5.38. The van der Waals surface area contributed by atoms with Crippen molar-refractivity contribution in [2.24, 2.45) is 0 Å². The summed E-state index contributed by atoms with van der Waals surface area (Å²) in [6, 6.07) is 14.1. The Bertz CT molecular complexity index is 734. The van der Waals surface area contributed by atoms with Crippen LogP contribution in [0.5, 0.6) is 0 Å². The molecule has 4 nitrogen and oxygen atoms in total. The van der Waals surface area contributed by atoms with E-state index in [1.807, 2.05) is 31.2 Å². The largest absolute Gasteiger partial charge is 0.378 e. The first-order chi connectivity index (χ1) is 12.0. The van der Waals surface area contributed by atoms with Crippen LogP contribution < -0.4 is 10.2 Å². The Hall–Kier alpha value is -2.33. The summed E-state index contributed by atoms with van der Waals surface area (Å²) >= 11 is 0. The number of hydrogen-bond acceptors (Lipinski definition) is 3. The molecule has 2 aromatic rings. The lowest BCUT2D eigenvalue weighted by Crippen LogP contribution is -2.36. The summed E-state index contributed by atoms with van der Waals surface area (Å²) in [7, 11) is 0. The zero-order valence-corrected chi connectivity index (χ0v) is 15.2. The molecular weight excluding hydrogens is 312 g/mol. The Kier molecular flexibility index (Phi) is 5.39. The number of amides is 1. The molecule has 0 radical (unpaired) electrons. The number of morpholine rings is 1. The summed E-state index contributed by atoms with van der Waals surface area (Å²) in [4.78, 5) is 14.8. The zero-order chi connectivity index (χ0) is 17.8. The molecule has 0 spiro atoms. The Morgan fingerprint density at radius 3 is 2.36 bits per heavy atom. The minimum absolute atomic E-state index is 0.0225. The van der Waals surface area contributed by atoms with E-state index < -0.39 is 0 Å². The van der Waals surface area contributed by atoms with Gasteiger partial charge < -0.3 is 15.0 Å². The summed E-state index contributed by atoms with van der Waals surface area (Å²) in [5, 5.41) is 3.09. The number of ether oxygens (including phenoxy) is 1. The highest BCUT2D eigenvalue weighted by Crippen LogP contribution is 2.19. The first-order valence-electron chi connectivity index (χ1n) is 8.85. The topological polar surface area (TPSA) is 41.6 Å². The number of nitrogens with zero attached hydrogens (tertiary/aromatic N) is 1. The van der Waals surface area contributed by atoms with Crippen LogP contribution >= 0.6 is 0 Å². The van der Waals surface area contributed by atoms with Gasteiger partial charge in [0.15, 0.2) is 0 Å². The fourth-order valence-electron chi connectivity index (χ4n) is 3.04. The number of anilines is 1. The molecule has 132 valence electrons. The summed E-state index contributed by atoms with van der Waals surface area (Å²) in [6.45, 7) is 9.52. The lowest BCUT2D eigenvalue weighted by molar-refractivity contribution is 0.0940. The number of nitrogens with one attached hydrogen (secondary N) is 1. The molecule has 1 N–H and O–H groups in total. The molecule has 0 bridgehead atoms. The standard InChI is InChI=1S/C21H26N2O2/c1-15-4-5-19(14-16(15)2)17(3)22-21(24)18-6-8-20(9-7-18)23-10-12-25-13-11-23/h4-9,14,17H,10-13H2,1-3H3,(H,22,24)/t17-/m0/s1. The fraction of sp³-hybridized carbons (Fsp3) is 0.381. The molecule has 0 unspecified atom stereocenters. The minimum Gasteiger partial charge on any atom is -0.378 e. The van der Waals surface area contributed by atoms with Crippen molar-refractivity contribution in [2.45, 2.75) is 26.8 Å². The van der Waals surface area contributed by atoms with Crippen molar-refractivity contribution >= 4 is 11.6 Å². The molecule has 0 aliphatic carbocycles. The number of benzene rings is 2. The molecule has 1 atom stereocenters. The molecule has 3 rings (SSSR count). The second kappa shape index (κ2) is 7.70. The Morgan fingerprint density at radius 1 is 1.04 bits per heavy atom. The quantitative estimate of drug-likeness (QED) is 0.925. The zero-order valence-electron chi connectivity index (χ0n) is 15.2. The van der Waals surface area contributed by atoms with Crippen molar-refractivity contribution in [3.63, 3.8) is 0 Å². The van der Waals surface area contributed by atoms with Crippen LogP contribution in [0.2, 0.25) is 0 Å². The van der Waals surface area contributed by atoms with Crippen LogP contribution in [0.25, 0.3) is 0 Å². The highest BCUT2D eigenvalue weighted by molar-refractivity contribution is 5.94. The van der Waals surface area contributed by atoms with Crippen LogP contribution in [-0.2, 0) is 4.74 Å². The molecule has 1 saturated heterocycles. The number of aryl methyl sites for hydroxylation is 2. The third-order valence-corrected chi connectivity index (χ3v) is 4.88. The summed E-state index contributed by atoms with van der Waals surface area (Å²) in [5.74, 6) is -0.0424. The van der Waals surface area contributed by atoms with E-state index in [2.05, 4.69) is 42.3 Å². The molecule has 1 fully saturated rings. The highest BCUT2D eigenvalue weighted by atomic mass is 16.5. The van der Waals surface area contributed by atoms with E-state index in [-0.39, 0.29) is 11.9 Å². The predicted molar refractivity (Wildman–Crippen MR) is 101 cm³/mol. The van der Waals surface area contributed by atoms with Gasteiger partial charge >= 0.3 is 0 Å². The normalized spacial score (nSPS) is 15.7. The van der Waals surface area contributed by atoms with Gasteiger partial charge in [-0.3, -0.25) is 4.79 Å². The molecule has 2 aromatic carbocycles. The van der Waals surface area contributed by atoms with Gasteiger partial charge in [-0.2, -0.15) is 0 Å². The van der Waals surface area contributed by atoms with Crippen LogP contribution in [-0.4, -0.2) is 32.2 Å². The van der Waals surface area contributed by atoms with Crippen molar-refractivity contribution in [3.05, 3.63) is 64.7 Å². The van der Waals surface area contributed by atoms with E-state index in [4.69, 9.17) is 4.74 Å². The third kappa shape index (κ3) is 4.20. The van der Waals surface area contributed by atoms with Crippen LogP contribution in [0.1, 0.15) is 40.0 Å². The van der Waals surface area contributed by atoms with Crippen LogP contribution in [0.4, 0.5) is 5.69 Å². The van der Waals surface area contributed by atoms with Gasteiger partial charge in [0.1, 0.15) is 0 Å². The summed E-state index contributed by atoms with van der Waals surface area (Å²) in [6.07, 6.45) is 0. The average molecular weight is 338 g/mol. The number of hydrogen-bond donors (Lipinski definition) is 1. The van der Waals surface area contributed by atoms with Gasteiger partial charge in [-0.15, -0.1) is 0 Å². The molecule has 25 heavy (non-hydrogen) atoms. The molecule has 1 amide bonds. The van der Waals surface area contributed by atoms with E-state index in [0.717, 1.165) is 37.6 Å². The molecular formula is C21H26N2O2. The maximum Gasteiger partial charge on any atom is 0.251 e. The van der Waals surface area contributed by atoms with Gasteiger partial charge in [-0.1, -0.05) is 18.2 Å². The van der Waals surface area contributed by atoms with E-state index in [1.54, 1.807) is 0 Å². The Balaban J connectivity index is 1.65. The van der Waals surface area contributed by atoms with Crippen LogP contribution in [0.15, 0.2) is 42.5 Å². The second-order valence-corrected chi connectivity index (χ2v) is 6.69. The van der Waals surface area contributed by atoms with Gasteiger partial charge in [0.05, 0.1) is 19.3 Å². The number of carbonyl (C=O) groups excluding carboxylic acids is 1. The molecule has 4 heteroatoms. The van der Waals surface area contributed by atoms with Crippen molar-refractivity contribution in [2.75, 3.05) is 31.2 Å². The first kappa shape index (κ1) is 17.5.